The quantitative estimate of drug-likeness (QED) is 0.0123. The molecule has 0 spiro atoms. The Balaban J connectivity index is 0.000000172. The molecular weight excluding hydrogens is 1440 g/mol. The van der Waals surface area contributed by atoms with E-state index in [1.807, 2.05) is 133 Å². The van der Waals surface area contributed by atoms with E-state index in [0.717, 1.165) is 61.7 Å². The summed E-state index contributed by atoms with van der Waals surface area (Å²) in [4.78, 5) is 67.5. The fourth-order valence-electron chi connectivity index (χ4n) is 10.5. The van der Waals surface area contributed by atoms with Crippen molar-refractivity contribution < 1.29 is 62.9 Å². The molecule has 23 heteroatoms. The van der Waals surface area contributed by atoms with Gasteiger partial charge in [0.1, 0.15) is 29.0 Å². The highest BCUT2D eigenvalue weighted by molar-refractivity contribution is 6.30. The Morgan fingerprint density at radius 3 is 0.991 bits per heavy atom. The lowest BCUT2D eigenvalue weighted by molar-refractivity contribution is 0.103. The maximum atomic E-state index is 12.8. The number of pyridine rings is 4. The first-order valence-corrected chi connectivity index (χ1v) is 35.1. The second-order valence-electron chi connectivity index (χ2n) is 23.9. The van der Waals surface area contributed by atoms with Crippen LogP contribution in [0.25, 0.3) is 24.3 Å². The molecule has 0 saturated heterocycles. The number of aromatic nitrogens is 4. The maximum absolute atomic E-state index is 12.8. The molecule has 22 nitrogen and oxygen atoms in total. The average molecular weight is 1520 g/mol. The van der Waals surface area contributed by atoms with Crippen LogP contribution in [-0.4, -0.2) is 101 Å². The molecule has 0 amide bonds. The number of ether oxygens (including phenoxy) is 6. The molecule has 0 aliphatic carbocycles. The van der Waals surface area contributed by atoms with Gasteiger partial charge in [0, 0.05) is 97.1 Å². The van der Waals surface area contributed by atoms with Gasteiger partial charge in [-0.05, 0) is 235 Å². The number of nitrogen functional groups attached to an aromatic ring is 1. The number of nitrogens with zero attached hydrogens (tertiary/aromatic N) is 4. The molecule has 12 rings (SSSR count). The van der Waals surface area contributed by atoms with Crippen LogP contribution in [-0.2, 0) is 19.8 Å². The molecule has 0 bridgehead atoms. The van der Waals surface area contributed by atoms with E-state index < -0.39 is 0 Å². The number of ketones is 4. The molecule has 9 N–H and O–H groups in total. The van der Waals surface area contributed by atoms with Crippen molar-refractivity contribution in [2.24, 2.45) is 0 Å². The van der Waals surface area contributed by atoms with Crippen LogP contribution in [0.2, 0.25) is 5.02 Å². The Morgan fingerprint density at radius 1 is 0.339 bits per heavy atom. The number of anilines is 9. The van der Waals surface area contributed by atoms with Crippen LogP contribution >= 0.6 is 11.6 Å². The second-order valence-corrected chi connectivity index (χ2v) is 24.4. The molecule has 0 saturated carbocycles. The molecule has 12 aromatic rings. The topological polar surface area (TPSA) is 310 Å². The Labute approximate surface area is 653 Å². The van der Waals surface area contributed by atoms with E-state index >= 15 is 0 Å². The molecule has 8 aromatic carbocycles. The van der Waals surface area contributed by atoms with Crippen molar-refractivity contribution >= 4 is 111 Å². The van der Waals surface area contributed by atoms with Crippen LogP contribution in [0.1, 0.15) is 80.4 Å². The van der Waals surface area contributed by atoms with Gasteiger partial charge in [-0.1, -0.05) is 66.2 Å². The number of aliphatic hydroxyl groups excluding tert-OH is 3. The smallest absolute Gasteiger partial charge is 0.203 e. The third-order valence-corrected chi connectivity index (χ3v) is 16.8. The number of methoxy groups -OCH3 is 6. The molecule has 568 valence electrons. The minimum absolute atomic E-state index is 0.00386. The molecule has 0 radical (unpaired) electrons. The van der Waals surface area contributed by atoms with Crippen molar-refractivity contribution in [3.63, 3.8) is 0 Å². The van der Waals surface area contributed by atoms with Crippen LogP contribution < -0.4 is 55.4 Å². The van der Waals surface area contributed by atoms with Crippen LogP contribution in [0.5, 0.6) is 34.5 Å². The summed E-state index contributed by atoms with van der Waals surface area (Å²) in [5.74, 6) is 4.77. The number of aliphatic hydroxyl groups is 3. The van der Waals surface area contributed by atoms with Gasteiger partial charge in [-0.15, -0.1) is 0 Å². The van der Waals surface area contributed by atoms with Gasteiger partial charge >= 0.3 is 0 Å². The lowest BCUT2D eigenvalue weighted by Crippen LogP contribution is -2.01. The summed E-state index contributed by atoms with van der Waals surface area (Å²) >= 11 is 5.84. The van der Waals surface area contributed by atoms with Gasteiger partial charge in [-0.3, -0.25) is 19.2 Å². The van der Waals surface area contributed by atoms with Crippen molar-refractivity contribution in [2.45, 2.75) is 19.8 Å². The normalized spacial score (nSPS) is 10.7. The number of carbonyl (C=O) groups excluding carboxylic acids is 4. The van der Waals surface area contributed by atoms with E-state index in [4.69, 9.17) is 56.0 Å². The summed E-state index contributed by atoms with van der Waals surface area (Å²) in [5, 5.41) is 41.0. The predicted molar refractivity (Wildman–Crippen MR) is 442 cm³/mol. The summed E-state index contributed by atoms with van der Waals surface area (Å²) in [6.07, 6.45) is 19.6. The summed E-state index contributed by atoms with van der Waals surface area (Å²) in [7, 11) is 9.12. The molecule has 0 atom stereocenters. The molecule has 4 aromatic heterocycles. The first-order valence-electron chi connectivity index (χ1n) is 34.7. The number of carbonyl (C=O) groups is 4. The fraction of sp³-hybridized carbons (Fsp3) is 0.101. The number of nitrogens with two attached hydrogens (primary N) is 1. The van der Waals surface area contributed by atoms with Gasteiger partial charge < -0.3 is 70.7 Å². The highest BCUT2D eigenvalue weighted by Gasteiger charge is 2.17. The molecule has 0 aliphatic heterocycles. The monoisotopic (exact) mass is 1520 g/mol. The van der Waals surface area contributed by atoms with Gasteiger partial charge in [-0.25, -0.2) is 19.9 Å². The van der Waals surface area contributed by atoms with E-state index in [9.17, 15) is 24.3 Å². The van der Waals surface area contributed by atoms with E-state index in [1.54, 1.807) is 147 Å². The molecule has 0 fully saturated rings. The molecule has 4 heterocycles. The average Bonchev–Trinajstić information content (AvgIpc) is 0.821. The lowest BCUT2D eigenvalue weighted by Gasteiger charge is -2.13. The van der Waals surface area contributed by atoms with E-state index in [1.165, 1.54) is 59.9 Å². The zero-order valence-electron chi connectivity index (χ0n) is 62.1. The van der Waals surface area contributed by atoms with Crippen molar-refractivity contribution in [3.8, 4) is 34.5 Å². The number of halogens is 1. The van der Waals surface area contributed by atoms with E-state index in [2.05, 4.69) is 41.2 Å². The van der Waals surface area contributed by atoms with Gasteiger partial charge in [0.25, 0.3) is 0 Å². The molecular formula is C89H82ClN9O13. The second kappa shape index (κ2) is 42.5. The summed E-state index contributed by atoms with van der Waals surface area (Å²) in [6.45, 7) is -0.0210. The standard InChI is InChI=1S/C24H24N2O5.C23H22N2O4.C22H21N3O3.C20H15ClN2O/c1-29-21-13-18(14-22(30-2)23(21)31-3)20(28)11-8-17-5-4-12-25-24(17)26-19-9-6-16(15-27)7-10-19;1-28-21-12-8-18(14-22(21)29-2)20(27)11-7-17-4-3-13-24-23(17)25-19-9-5-16(15-26)6-10-19;1-28-21-11-7-17(13-19(21)23)20(27)10-6-16-3-2-12-24-22(16)25-18-8-4-15(14-26)5-9-18;21-17-11-8-15(9-12-17)19(24)13-10-16-5-4-14-22-20(16)23-18-6-2-1-3-7-18/h4-14,27H,15H2,1-3H3,(H,25,26);3-14,26H,15H2,1-2H3,(H,24,25);2-13,26H,14,23H2,1H3,(H,24,25);1-14H,(H,22,23)/b11-8+;11-7+;10-6+;13-10+. The number of nitrogens with one attached hydrogen (secondary N) is 4. The van der Waals surface area contributed by atoms with Crippen LogP contribution in [0, 0.1) is 0 Å². The predicted octanol–water partition coefficient (Wildman–Crippen LogP) is 17.6. The first-order chi connectivity index (χ1) is 54.5. The zero-order valence-corrected chi connectivity index (χ0v) is 62.8. The number of para-hydroxylation sites is 1. The summed E-state index contributed by atoms with van der Waals surface area (Å²) < 4.78 is 31.5. The zero-order chi connectivity index (χ0) is 79.6. The molecule has 112 heavy (non-hydrogen) atoms. The van der Waals surface area contributed by atoms with E-state index in [0.29, 0.717) is 90.7 Å². The summed E-state index contributed by atoms with van der Waals surface area (Å²) in [6, 6.07) is 66.7. The highest BCUT2D eigenvalue weighted by Crippen LogP contribution is 2.39. The van der Waals surface area contributed by atoms with Crippen molar-refractivity contribution in [1.29, 1.82) is 0 Å². The van der Waals surface area contributed by atoms with Gasteiger partial charge in [-0.2, -0.15) is 0 Å². The van der Waals surface area contributed by atoms with Crippen LogP contribution in [0.15, 0.2) is 274 Å². The van der Waals surface area contributed by atoms with Crippen molar-refractivity contribution in [2.75, 3.05) is 69.7 Å². The van der Waals surface area contributed by atoms with Crippen molar-refractivity contribution in [3.05, 3.63) is 340 Å². The molecule has 0 unspecified atom stereocenters. The maximum Gasteiger partial charge on any atom is 0.203 e. The Hall–Kier alpha value is -14.0. The van der Waals surface area contributed by atoms with E-state index in [-0.39, 0.29) is 43.0 Å². The minimum Gasteiger partial charge on any atom is -0.495 e. The van der Waals surface area contributed by atoms with Crippen molar-refractivity contribution in [1.82, 2.24) is 19.9 Å². The highest BCUT2D eigenvalue weighted by atomic mass is 35.5. The minimum atomic E-state index is -0.221. The molecule has 0 aliphatic rings. The fourth-order valence-corrected chi connectivity index (χ4v) is 10.7. The largest absolute Gasteiger partial charge is 0.495 e. The first kappa shape index (κ1) is 82.0. The Kier molecular flexibility index (Phi) is 31.1. The third-order valence-electron chi connectivity index (χ3n) is 16.5. The number of hydrogen-bond acceptors (Lipinski definition) is 22. The van der Waals surface area contributed by atoms with Gasteiger partial charge in [0.2, 0.25) is 5.75 Å². The number of benzene rings is 8. The Morgan fingerprint density at radius 2 is 0.652 bits per heavy atom. The third kappa shape index (κ3) is 24.0. The lowest BCUT2D eigenvalue weighted by atomic mass is 10.1. The van der Waals surface area contributed by atoms with Gasteiger partial charge in [0.15, 0.2) is 46.1 Å². The van der Waals surface area contributed by atoms with Crippen LogP contribution in [0.3, 0.4) is 0 Å². The SMILES string of the molecule is COc1cc(C(=O)/C=C/c2cccnc2Nc2ccc(CO)cc2)cc(OC)c1OC.COc1ccc(C(=O)/C=C/c2cccnc2Nc2ccc(CO)cc2)cc1N.COc1ccc(C(=O)/C=C/c2cccnc2Nc2ccc(CO)cc2)cc1OC.O=C(/C=C/c1cccnc1Nc1ccccc1)c1ccc(Cl)cc1. The van der Waals surface area contributed by atoms with Crippen LogP contribution in [0.4, 0.5) is 51.7 Å². The number of hydrogen-bond donors (Lipinski definition) is 8. The van der Waals surface area contributed by atoms with Gasteiger partial charge in [0.05, 0.1) is 68.2 Å². The Bertz CT molecular complexity index is 5230. The summed E-state index contributed by atoms with van der Waals surface area (Å²) in [5.41, 5.74) is 17.3. The number of rotatable bonds is 29. The number of allylic oxidation sites excluding steroid dienone is 4.